The molecule has 1 fully saturated rings. The standard InChI is InChI=1S/C19H23FN4O2/c1-25-16-5-3-15(4-6-16)23-19(21)22-13-14-2-7-18(17(20)12-14)24-8-10-26-11-9-24/h2-7,12H,8-11,13H2,1H3,(H3,21,22,23). The Labute approximate surface area is 152 Å². The number of methoxy groups -OCH3 is 1. The summed E-state index contributed by atoms with van der Waals surface area (Å²) in [7, 11) is 1.61. The first-order valence-electron chi connectivity index (χ1n) is 8.48. The number of morpholine rings is 1. The second kappa shape index (κ2) is 8.53. The molecule has 0 bridgehead atoms. The maximum Gasteiger partial charge on any atom is 0.193 e. The molecular weight excluding hydrogens is 335 g/mol. The van der Waals surface area contributed by atoms with E-state index in [2.05, 4.69) is 10.3 Å². The van der Waals surface area contributed by atoms with Gasteiger partial charge in [0, 0.05) is 18.8 Å². The summed E-state index contributed by atoms with van der Waals surface area (Å²) in [4.78, 5) is 6.26. The Morgan fingerprint density at radius 2 is 1.96 bits per heavy atom. The normalized spacial score (nSPS) is 15.0. The fourth-order valence-corrected chi connectivity index (χ4v) is 2.75. The Balaban J connectivity index is 1.60. The maximum atomic E-state index is 14.4. The van der Waals surface area contributed by atoms with Crippen LogP contribution < -0.4 is 20.7 Å². The summed E-state index contributed by atoms with van der Waals surface area (Å²) in [5.74, 6) is 0.788. The SMILES string of the molecule is COc1ccc(NC(N)=NCc2ccc(N3CCOCC3)c(F)c2)cc1. The molecule has 0 spiro atoms. The molecule has 0 atom stereocenters. The first-order chi connectivity index (χ1) is 12.7. The number of halogens is 1. The van der Waals surface area contributed by atoms with Gasteiger partial charge in [-0.25, -0.2) is 9.38 Å². The smallest absolute Gasteiger partial charge is 0.193 e. The van der Waals surface area contributed by atoms with Gasteiger partial charge in [0.25, 0.3) is 0 Å². The van der Waals surface area contributed by atoms with E-state index in [1.54, 1.807) is 13.2 Å². The summed E-state index contributed by atoms with van der Waals surface area (Å²) in [6.45, 7) is 2.95. The van der Waals surface area contributed by atoms with E-state index < -0.39 is 0 Å². The topological polar surface area (TPSA) is 72.1 Å². The van der Waals surface area contributed by atoms with Crippen LogP contribution in [-0.2, 0) is 11.3 Å². The summed E-state index contributed by atoms with van der Waals surface area (Å²) in [5, 5.41) is 3.00. The highest BCUT2D eigenvalue weighted by atomic mass is 19.1. The minimum atomic E-state index is -0.249. The summed E-state index contributed by atoms with van der Waals surface area (Å²) < 4.78 is 24.8. The maximum absolute atomic E-state index is 14.4. The van der Waals surface area contributed by atoms with E-state index in [1.165, 1.54) is 6.07 Å². The number of hydrogen-bond donors (Lipinski definition) is 2. The van der Waals surface area contributed by atoms with Crippen molar-refractivity contribution >= 4 is 17.3 Å². The third-order valence-corrected chi connectivity index (χ3v) is 4.16. The summed E-state index contributed by atoms with van der Waals surface area (Å²) in [5.41, 5.74) is 8.07. The molecule has 0 amide bonds. The van der Waals surface area contributed by atoms with E-state index in [0.29, 0.717) is 38.5 Å². The number of rotatable bonds is 5. The molecule has 7 heteroatoms. The van der Waals surface area contributed by atoms with Crippen molar-refractivity contribution < 1.29 is 13.9 Å². The minimum Gasteiger partial charge on any atom is -0.497 e. The van der Waals surface area contributed by atoms with Crippen LogP contribution in [0.25, 0.3) is 0 Å². The molecule has 3 N–H and O–H groups in total. The molecule has 0 aliphatic carbocycles. The molecule has 1 aliphatic heterocycles. The number of nitrogens with one attached hydrogen (secondary N) is 1. The lowest BCUT2D eigenvalue weighted by atomic mass is 10.1. The lowest BCUT2D eigenvalue weighted by Gasteiger charge is -2.29. The Bertz CT molecular complexity index is 759. The van der Waals surface area contributed by atoms with Gasteiger partial charge in [-0.05, 0) is 42.0 Å². The van der Waals surface area contributed by atoms with Crippen molar-refractivity contribution in [1.82, 2.24) is 0 Å². The van der Waals surface area contributed by atoms with Crippen LogP contribution in [0.5, 0.6) is 5.75 Å². The number of nitrogens with zero attached hydrogens (tertiary/aromatic N) is 2. The number of aliphatic imine (C=N–C) groups is 1. The molecule has 3 rings (SSSR count). The zero-order valence-electron chi connectivity index (χ0n) is 14.7. The number of anilines is 2. The fourth-order valence-electron chi connectivity index (χ4n) is 2.75. The van der Waals surface area contributed by atoms with E-state index >= 15 is 0 Å². The quantitative estimate of drug-likeness (QED) is 0.635. The van der Waals surface area contributed by atoms with E-state index in [-0.39, 0.29) is 11.8 Å². The predicted molar refractivity (Wildman–Crippen MR) is 101 cm³/mol. The molecule has 1 saturated heterocycles. The van der Waals surface area contributed by atoms with Gasteiger partial charge in [0.2, 0.25) is 0 Å². The van der Waals surface area contributed by atoms with Crippen molar-refractivity contribution in [2.24, 2.45) is 10.7 Å². The molecule has 26 heavy (non-hydrogen) atoms. The average molecular weight is 358 g/mol. The van der Waals surface area contributed by atoms with Crippen LogP contribution in [0, 0.1) is 5.82 Å². The first kappa shape index (κ1) is 18.0. The molecule has 0 aromatic heterocycles. The van der Waals surface area contributed by atoms with Crippen molar-refractivity contribution in [2.45, 2.75) is 6.54 Å². The van der Waals surface area contributed by atoms with Gasteiger partial charge >= 0.3 is 0 Å². The van der Waals surface area contributed by atoms with Gasteiger partial charge in [0.1, 0.15) is 11.6 Å². The molecule has 1 heterocycles. The predicted octanol–water partition coefficient (Wildman–Crippen LogP) is 2.60. The number of benzene rings is 2. The Morgan fingerprint density at radius 1 is 1.23 bits per heavy atom. The van der Waals surface area contributed by atoms with E-state index in [1.807, 2.05) is 35.2 Å². The lowest BCUT2D eigenvalue weighted by Crippen LogP contribution is -2.36. The van der Waals surface area contributed by atoms with Gasteiger partial charge < -0.3 is 25.4 Å². The molecule has 0 saturated carbocycles. The molecule has 2 aromatic rings. The summed E-state index contributed by atoms with van der Waals surface area (Å²) in [6.07, 6.45) is 0. The Kier molecular flexibility index (Phi) is 5.91. The van der Waals surface area contributed by atoms with Crippen molar-refractivity contribution in [1.29, 1.82) is 0 Å². The van der Waals surface area contributed by atoms with Crippen LogP contribution in [-0.4, -0.2) is 39.4 Å². The fraction of sp³-hybridized carbons (Fsp3) is 0.316. The number of nitrogens with two attached hydrogens (primary N) is 1. The Hall–Kier alpha value is -2.80. The van der Waals surface area contributed by atoms with Crippen LogP contribution >= 0.6 is 0 Å². The van der Waals surface area contributed by atoms with Gasteiger partial charge in [-0.1, -0.05) is 6.07 Å². The molecular formula is C19H23FN4O2. The van der Waals surface area contributed by atoms with Gasteiger partial charge in [0.15, 0.2) is 5.96 Å². The summed E-state index contributed by atoms with van der Waals surface area (Å²) in [6, 6.07) is 12.5. The third-order valence-electron chi connectivity index (χ3n) is 4.16. The van der Waals surface area contributed by atoms with Gasteiger partial charge in [-0.3, -0.25) is 0 Å². The van der Waals surface area contributed by atoms with Crippen LogP contribution in [0.15, 0.2) is 47.5 Å². The second-order valence-electron chi connectivity index (χ2n) is 5.94. The molecule has 2 aromatic carbocycles. The van der Waals surface area contributed by atoms with E-state index in [4.69, 9.17) is 15.2 Å². The van der Waals surface area contributed by atoms with Crippen LogP contribution in [0.3, 0.4) is 0 Å². The second-order valence-corrected chi connectivity index (χ2v) is 5.94. The largest absolute Gasteiger partial charge is 0.497 e. The number of ether oxygens (including phenoxy) is 2. The zero-order chi connectivity index (χ0) is 18.4. The van der Waals surface area contributed by atoms with Gasteiger partial charge in [-0.15, -0.1) is 0 Å². The molecule has 138 valence electrons. The van der Waals surface area contributed by atoms with Crippen molar-refractivity contribution in [3.8, 4) is 5.75 Å². The monoisotopic (exact) mass is 358 g/mol. The number of hydrogen-bond acceptors (Lipinski definition) is 4. The van der Waals surface area contributed by atoms with E-state index in [9.17, 15) is 4.39 Å². The van der Waals surface area contributed by atoms with Crippen LogP contribution in [0.1, 0.15) is 5.56 Å². The van der Waals surface area contributed by atoms with Gasteiger partial charge in [0.05, 0.1) is 32.6 Å². The van der Waals surface area contributed by atoms with E-state index in [0.717, 1.165) is 17.0 Å². The van der Waals surface area contributed by atoms with Crippen molar-refractivity contribution in [2.75, 3.05) is 43.6 Å². The highest BCUT2D eigenvalue weighted by Crippen LogP contribution is 2.22. The highest BCUT2D eigenvalue weighted by molar-refractivity contribution is 5.92. The molecule has 1 aliphatic rings. The molecule has 0 radical (unpaired) electrons. The van der Waals surface area contributed by atoms with Gasteiger partial charge in [-0.2, -0.15) is 0 Å². The molecule has 0 unspecified atom stereocenters. The summed E-state index contributed by atoms with van der Waals surface area (Å²) >= 11 is 0. The van der Waals surface area contributed by atoms with Crippen molar-refractivity contribution in [3.05, 3.63) is 53.8 Å². The zero-order valence-corrected chi connectivity index (χ0v) is 14.7. The number of guanidine groups is 1. The highest BCUT2D eigenvalue weighted by Gasteiger charge is 2.15. The van der Waals surface area contributed by atoms with Crippen LogP contribution in [0.2, 0.25) is 0 Å². The first-order valence-corrected chi connectivity index (χ1v) is 8.48. The third kappa shape index (κ3) is 4.64. The van der Waals surface area contributed by atoms with Crippen molar-refractivity contribution in [3.63, 3.8) is 0 Å². The minimum absolute atomic E-state index is 0.249. The van der Waals surface area contributed by atoms with Crippen LogP contribution in [0.4, 0.5) is 15.8 Å². The lowest BCUT2D eigenvalue weighted by molar-refractivity contribution is 0.122. The Morgan fingerprint density at radius 3 is 2.62 bits per heavy atom. The molecule has 6 nitrogen and oxygen atoms in total. The average Bonchev–Trinajstić information content (AvgIpc) is 2.68.